The SMILES string of the molecule is CC(C)=CCn1ccn(-c2ccc(C)cc2C)c(=O)c1=O. The number of aromatic nitrogens is 2. The third kappa shape index (κ3) is 3.21. The van der Waals surface area contributed by atoms with Gasteiger partial charge in [-0.3, -0.25) is 14.2 Å². The van der Waals surface area contributed by atoms with Gasteiger partial charge in [0.2, 0.25) is 0 Å². The summed E-state index contributed by atoms with van der Waals surface area (Å²) in [5, 5.41) is 0. The summed E-state index contributed by atoms with van der Waals surface area (Å²) >= 11 is 0. The Morgan fingerprint density at radius 3 is 2.43 bits per heavy atom. The van der Waals surface area contributed by atoms with Crippen LogP contribution < -0.4 is 11.1 Å². The van der Waals surface area contributed by atoms with Crippen LogP contribution in [0.1, 0.15) is 25.0 Å². The fourth-order valence-electron chi connectivity index (χ4n) is 2.20. The third-order valence-corrected chi connectivity index (χ3v) is 3.37. The average molecular weight is 284 g/mol. The van der Waals surface area contributed by atoms with Crippen LogP contribution in [0.3, 0.4) is 0 Å². The molecular weight excluding hydrogens is 264 g/mol. The molecule has 0 fully saturated rings. The van der Waals surface area contributed by atoms with Crippen molar-refractivity contribution in [2.24, 2.45) is 0 Å². The molecule has 1 heterocycles. The van der Waals surface area contributed by atoms with Gasteiger partial charge in [-0.05, 0) is 39.3 Å². The summed E-state index contributed by atoms with van der Waals surface area (Å²) in [6, 6.07) is 5.80. The fraction of sp³-hybridized carbons (Fsp3) is 0.294. The van der Waals surface area contributed by atoms with Crippen LogP contribution in [-0.2, 0) is 6.54 Å². The first kappa shape index (κ1) is 15.0. The number of allylic oxidation sites excluding steroid dienone is 2. The lowest BCUT2D eigenvalue weighted by atomic mass is 10.1. The van der Waals surface area contributed by atoms with Crippen molar-refractivity contribution in [3.8, 4) is 5.69 Å². The Labute approximate surface area is 124 Å². The summed E-state index contributed by atoms with van der Waals surface area (Å²) in [6.45, 7) is 8.27. The van der Waals surface area contributed by atoms with Gasteiger partial charge >= 0.3 is 11.1 Å². The van der Waals surface area contributed by atoms with Gasteiger partial charge in [0, 0.05) is 18.9 Å². The van der Waals surface area contributed by atoms with Crippen molar-refractivity contribution in [2.75, 3.05) is 0 Å². The predicted molar refractivity (Wildman–Crippen MR) is 85.2 cm³/mol. The highest BCUT2D eigenvalue weighted by molar-refractivity contribution is 5.42. The molecule has 0 saturated heterocycles. The van der Waals surface area contributed by atoms with E-state index in [9.17, 15) is 9.59 Å². The predicted octanol–water partition coefficient (Wildman–Crippen LogP) is 2.58. The minimum Gasteiger partial charge on any atom is -0.305 e. The molecule has 0 aliphatic rings. The molecule has 0 amide bonds. The van der Waals surface area contributed by atoms with E-state index in [-0.39, 0.29) is 0 Å². The van der Waals surface area contributed by atoms with Crippen molar-refractivity contribution in [1.82, 2.24) is 9.13 Å². The molecule has 4 heteroatoms. The maximum atomic E-state index is 12.3. The Kier molecular flexibility index (Phi) is 4.26. The largest absolute Gasteiger partial charge is 0.320 e. The lowest BCUT2D eigenvalue weighted by molar-refractivity contribution is 0.728. The molecular formula is C17H20N2O2. The normalized spacial score (nSPS) is 10.5. The van der Waals surface area contributed by atoms with Crippen molar-refractivity contribution < 1.29 is 0 Å². The molecule has 21 heavy (non-hydrogen) atoms. The Bertz CT molecular complexity index is 806. The maximum Gasteiger partial charge on any atom is 0.320 e. The van der Waals surface area contributed by atoms with Crippen LogP contribution in [0.25, 0.3) is 5.69 Å². The van der Waals surface area contributed by atoms with Crippen molar-refractivity contribution in [3.05, 3.63) is 74.1 Å². The Balaban J connectivity index is 2.53. The fourth-order valence-corrected chi connectivity index (χ4v) is 2.20. The quantitative estimate of drug-likeness (QED) is 0.642. The molecule has 0 unspecified atom stereocenters. The monoisotopic (exact) mass is 284 g/mol. The Hall–Kier alpha value is -2.36. The van der Waals surface area contributed by atoms with E-state index in [1.807, 2.05) is 52.0 Å². The Morgan fingerprint density at radius 1 is 1.10 bits per heavy atom. The second-order valence-corrected chi connectivity index (χ2v) is 5.50. The molecule has 0 aliphatic carbocycles. The summed E-state index contributed by atoms with van der Waals surface area (Å²) in [6.07, 6.45) is 5.23. The number of aryl methyl sites for hydroxylation is 2. The molecule has 0 aliphatic heterocycles. The Morgan fingerprint density at radius 2 is 1.81 bits per heavy atom. The molecule has 0 atom stereocenters. The van der Waals surface area contributed by atoms with E-state index in [0.717, 1.165) is 22.4 Å². The molecule has 2 rings (SSSR count). The summed E-state index contributed by atoms with van der Waals surface area (Å²) in [7, 11) is 0. The van der Waals surface area contributed by atoms with Crippen LogP contribution in [0.15, 0.2) is 51.8 Å². The molecule has 0 N–H and O–H groups in total. The lowest BCUT2D eigenvalue weighted by Crippen LogP contribution is -2.40. The van der Waals surface area contributed by atoms with Crippen molar-refractivity contribution in [1.29, 1.82) is 0 Å². The smallest absolute Gasteiger partial charge is 0.305 e. The topological polar surface area (TPSA) is 44.0 Å². The van der Waals surface area contributed by atoms with Crippen molar-refractivity contribution in [2.45, 2.75) is 34.2 Å². The van der Waals surface area contributed by atoms with E-state index in [0.29, 0.717) is 6.54 Å². The molecule has 0 spiro atoms. The summed E-state index contributed by atoms with van der Waals surface area (Å²) < 4.78 is 2.84. The minimum absolute atomic E-state index is 0.421. The summed E-state index contributed by atoms with van der Waals surface area (Å²) in [4.78, 5) is 24.4. The zero-order chi connectivity index (χ0) is 15.6. The van der Waals surface area contributed by atoms with Crippen LogP contribution in [0, 0.1) is 13.8 Å². The van der Waals surface area contributed by atoms with Gasteiger partial charge in [0.15, 0.2) is 0 Å². The van der Waals surface area contributed by atoms with Gasteiger partial charge in [-0.25, -0.2) is 0 Å². The van der Waals surface area contributed by atoms with Gasteiger partial charge in [0.25, 0.3) is 0 Å². The molecule has 110 valence electrons. The van der Waals surface area contributed by atoms with Gasteiger partial charge in [0.05, 0.1) is 5.69 Å². The van der Waals surface area contributed by atoms with E-state index in [4.69, 9.17) is 0 Å². The average Bonchev–Trinajstić information content (AvgIpc) is 2.41. The van der Waals surface area contributed by atoms with E-state index >= 15 is 0 Å². The van der Waals surface area contributed by atoms with Gasteiger partial charge in [0.1, 0.15) is 0 Å². The first-order valence-electron chi connectivity index (χ1n) is 6.93. The highest BCUT2D eigenvalue weighted by Gasteiger charge is 2.08. The number of nitrogens with zero attached hydrogens (tertiary/aromatic N) is 2. The zero-order valence-corrected chi connectivity index (χ0v) is 12.9. The van der Waals surface area contributed by atoms with E-state index < -0.39 is 11.1 Å². The minimum atomic E-state index is -0.522. The molecule has 4 nitrogen and oxygen atoms in total. The van der Waals surface area contributed by atoms with Gasteiger partial charge < -0.3 is 4.57 Å². The maximum absolute atomic E-state index is 12.3. The third-order valence-electron chi connectivity index (χ3n) is 3.37. The molecule has 2 aromatic rings. The number of hydrogen-bond acceptors (Lipinski definition) is 2. The van der Waals surface area contributed by atoms with Crippen LogP contribution in [-0.4, -0.2) is 9.13 Å². The first-order valence-corrected chi connectivity index (χ1v) is 6.93. The molecule has 1 aromatic carbocycles. The van der Waals surface area contributed by atoms with Crippen LogP contribution in [0.2, 0.25) is 0 Å². The summed E-state index contributed by atoms with van der Waals surface area (Å²) in [5.41, 5.74) is 2.93. The second-order valence-electron chi connectivity index (χ2n) is 5.50. The van der Waals surface area contributed by atoms with Crippen LogP contribution in [0.5, 0.6) is 0 Å². The lowest BCUT2D eigenvalue weighted by Gasteiger charge is -2.11. The van der Waals surface area contributed by atoms with E-state index in [1.54, 1.807) is 12.4 Å². The first-order chi connectivity index (χ1) is 9.90. The van der Waals surface area contributed by atoms with E-state index in [1.165, 1.54) is 9.13 Å². The zero-order valence-electron chi connectivity index (χ0n) is 12.9. The molecule has 0 radical (unpaired) electrons. The highest BCUT2D eigenvalue weighted by atomic mass is 16.2. The van der Waals surface area contributed by atoms with Gasteiger partial charge in [-0.2, -0.15) is 0 Å². The van der Waals surface area contributed by atoms with Crippen LogP contribution in [0.4, 0.5) is 0 Å². The van der Waals surface area contributed by atoms with Crippen molar-refractivity contribution in [3.63, 3.8) is 0 Å². The van der Waals surface area contributed by atoms with Gasteiger partial charge in [-0.1, -0.05) is 29.3 Å². The molecule has 0 saturated carbocycles. The number of hydrogen-bond donors (Lipinski definition) is 0. The van der Waals surface area contributed by atoms with Crippen LogP contribution >= 0.6 is 0 Å². The number of benzene rings is 1. The second kappa shape index (κ2) is 5.95. The van der Waals surface area contributed by atoms with Gasteiger partial charge in [-0.15, -0.1) is 0 Å². The number of rotatable bonds is 3. The molecule has 1 aromatic heterocycles. The summed E-state index contributed by atoms with van der Waals surface area (Å²) in [5.74, 6) is 0. The highest BCUT2D eigenvalue weighted by Crippen LogP contribution is 2.13. The standard InChI is InChI=1S/C17H20N2O2/c1-12(2)7-8-18-9-10-19(17(21)16(18)20)15-6-5-13(3)11-14(15)4/h5-7,9-11H,8H2,1-4H3. The van der Waals surface area contributed by atoms with Crippen molar-refractivity contribution >= 4 is 0 Å². The molecule has 0 bridgehead atoms. The van der Waals surface area contributed by atoms with E-state index in [2.05, 4.69) is 0 Å².